The van der Waals surface area contributed by atoms with Crippen molar-refractivity contribution in [3.05, 3.63) is 105 Å². The first-order valence-electron chi connectivity index (χ1n) is 8.88. The van der Waals surface area contributed by atoms with E-state index in [-0.39, 0.29) is 5.91 Å². The van der Waals surface area contributed by atoms with Gasteiger partial charge in [-0.05, 0) is 82.3 Å². The topological polar surface area (TPSA) is 29.5 Å². The number of halogens is 1. The van der Waals surface area contributed by atoms with Gasteiger partial charge in [0.2, 0.25) is 0 Å². The van der Waals surface area contributed by atoms with Crippen LogP contribution in [0.25, 0.3) is 11.8 Å². The Morgan fingerprint density at radius 2 is 1.57 bits per heavy atom. The SMILES string of the molecule is COc1ccc(C=C2C=C(c3ccccc3)N(c3ccc(I)cc3)C2=O)cc1. The van der Waals surface area contributed by atoms with E-state index in [4.69, 9.17) is 4.74 Å². The van der Waals surface area contributed by atoms with Gasteiger partial charge in [-0.2, -0.15) is 0 Å². The third-order valence-corrected chi connectivity index (χ3v) is 5.29. The van der Waals surface area contributed by atoms with E-state index in [0.717, 1.165) is 31.8 Å². The number of rotatable bonds is 4. The van der Waals surface area contributed by atoms with Gasteiger partial charge in [-0.25, -0.2) is 0 Å². The lowest BCUT2D eigenvalue weighted by molar-refractivity contribution is -0.113. The minimum absolute atomic E-state index is 0.0316. The van der Waals surface area contributed by atoms with Crippen LogP contribution in [0.4, 0.5) is 5.69 Å². The van der Waals surface area contributed by atoms with E-state index in [2.05, 4.69) is 22.6 Å². The highest BCUT2D eigenvalue weighted by molar-refractivity contribution is 14.1. The Balaban J connectivity index is 1.78. The molecule has 1 aliphatic rings. The molecule has 0 aliphatic carbocycles. The highest BCUT2D eigenvalue weighted by atomic mass is 127. The molecule has 1 aliphatic heterocycles. The predicted octanol–water partition coefficient (Wildman–Crippen LogP) is 5.77. The maximum absolute atomic E-state index is 13.3. The number of hydrogen-bond donors (Lipinski definition) is 0. The summed E-state index contributed by atoms with van der Waals surface area (Å²) in [6, 6.07) is 25.7. The summed E-state index contributed by atoms with van der Waals surface area (Å²) in [4.78, 5) is 15.1. The Morgan fingerprint density at radius 3 is 2.21 bits per heavy atom. The summed E-state index contributed by atoms with van der Waals surface area (Å²) in [7, 11) is 1.64. The van der Waals surface area contributed by atoms with Crippen molar-refractivity contribution in [3.8, 4) is 5.75 Å². The van der Waals surface area contributed by atoms with Crippen LogP contribution in [0.15, 0.2) is 90.5 Å². The van der Waals surface area contributed by atoms with Gasteiger partial charge in [0.1, 0.15) is 5.75 Å². The minimum atomic E-state index is -0.0316. The van der Waals surface area contributed by atoms with E-state index >= 15 is 0 Å². The second kappa shape index (κ2) is 8.02. The summed E-state index contributed by atoms with van der Waals surface area (Å²) in [5.41, 5.74) is 4.36. The minimum Gasteiger partial charge on any atom is -0.497 e. The first-order valence-corrected chi connectivity index (χ1v) is 9.96. The zero-order chi connectivity index (χ0) is 19.5. The number of carbonyl (C=O) groups is 1. The van der Waals surface area contributed by atoms with Crippen molar-refractivity contribution in [2.75, 3.05) is 12.0 Å². The molecule has 0 N–H and O–H groups in total. The monoisotopic (exact) mass is 479 g/mol. The van der Waals surface area contributed by atoms with Crippen LogP contribution in [0.1, 0.15) is 11.1 Å². The normalized spacial score (nSPS) is 15.1. The molecule has 3 nitrogen and oxygen atoms in total. The molecule has 138 valence electrons. The molecule has 3 aromatic rings. The Hall–Kier alpha value is -2.86. The number of carbonyl (C=O) groups excluding carboxylic acids is 1. The fourth-order valence-electron chi connectivity index (χ4n) is 3.16. The average molecular weight is 479 g/mol. The summed E-state index contributed by atoms with van der Waals surface area (Å²) in [6.45, 7) is 0. The molecule has 0 bridgehead atoms. The smallest absolute Gasteiger partial charge is 0.262 e. The highest BCUT2D eigenvalue weighted by Crippen LogP contribution is 2.35. The van der Waals surface area contributed by atoms with Crippen molar-refractivity contribution < 1.29 is 9.53 Å². The molecule has 4 rings (SSSR count). The van der Waals surface area contributed by atoms with Gasteiger partial charge < -0.3 is 4.74 Å². The summed E-state index contributed by atoms with van der Waals surface area (Å²) in [5, 5.41) is 0. The average Bonchev–Trinajstić information content (AvgIpc) is 3.06. The van der Waals surface area contributed by atoms with E-state index in [1.165, 1.54) is 0 Å². The van der Waals surface area contributed by atoms with Gasteiger partial charge in [0.25, 0.3) is 5.91 Å². The van der Waals surface area contributed by atoms with Gasteiger partial charge in [-0.3, -0.25) is 9.69 Å². The van der Waals surface area contributed by atoms with E-state index < -0.39 is 0 Å². The predicted molar refractivity (Wildman–Crippen MR) is 122 cm³/mol. The Kier molecular flexibility index (Phi) is 5.30. The molecule has 1 heterocycles. The number of amides is 1. The molecule has 0 saturated carbocycles. The Bertz CT molecular complexity index is 1050. The molecule has 0 unspecified atom stereocenters. The number of anilines is 1. The quantitative estimate of drug-likeness (QED) is 0.351. The molecule has 0 aromatic heterocycles. The van der Waals surface area contributed by atoms with Crippen LogP contribution in [-0.2, 0) is 4.79 Å². The highest BCUT2D eigenvalue weighted by Gasteiger charge is 2.30. The maximum atomic E-state index is 13.3. The van der Waals surface area contributed by atoms with E-state index in [0.29, 0.717) is 5.57 Å². The first kappa shape index (κ1) is 18.5. The number of ether oxygens (including phenoxy) is 1. The van der Waals surface area contributed by atoms with E-state index in [9.17, 15) is 4.79 Å². The van der Waals surface area contributed by atoms with Crippen molar-refractivity contribution in [2.45, 2.75) is 0 Å². The van der Waals surface area contributed by atoms with E-state index in [1.54, 1.807) is 12.0 Å². The summed E-state index contributed by atoms with van der Waals surface area (Å²) in [6.07, 6.45) is 3.87. The Morgan fingerprint density at radius 1 is 0.893 bits per heavy atom. The van der Waals surface area contributed by atoms with Crippen LogP contribution in [0.5, 0.6) is 5.75 Å². The van der Waals surface area contributed by atoms with Gasteiger partial charge in [0, 0.05) is 14.8 Å². The largest absolute Gasteiger partial charge is 0.497 e. The second-order valence-corrected chi connectivity index (χ2v) is 7.63. The van der Waals surface area contributed by atoms with Gasteiger partial charge in [0.15, 0.2) is 0 Å². The molecule has 3 aromatic carbocycles. The van der Waals surface area contributed by atoms with Crippen LogP contribution in [0.3, 0.4) is 0 Å². The molecule has 0 radical (unpaired) electrons. The third-order valence-electron chi connectivity index (χ3n) is 4.58. The summed E-state index contributed by atoms with van der Waals surface area (Å²) >= 11 is 2.27. The summed E-state index contributed by atoms with van der Waals surface area (Å²) < 4.78 is 6.34. The van der Waals surface area contributed by atoms with Crippen molar-refractivity contribution in [1.29, 1.82) is 0 Å². The lowest BCUT2D eigenvalue weighted by Crippen LogP contribution is -2.24. The van der Waals surface area contributed by atoms with Gasteiger partial charge >= 0.3 is 0 Å². The fraction of sp³-hybridized carbons (Fsp3) is 0.0417. The van der Waals surface area contributed by atoms with Crippen LogP contribution in [0.2, 0.25) is 0 Å². The van der Waals surface area contributed by atoms with Crippen LogP contribution in [0, 0.1) is 3.57 Å². The molecule has 0 saturated heterocycles. The molecule has 0 fully saturated rings. The second-order valence-electron chi connectivity index (χ2n) is 6.39. The van der Waals surface area contributed by atoms with Crippen LogP contribution in [-0.4, -0.2) is 13.0 Å². The molecule has 1 amide bonds. The van der Waals surface area contributed by atoms with Gasteiger partial charge in [-0.1, -0.05) is 42.5 Å². The van der Waals surface area contributed by atoms with Crippen LogP contribution < -0.4 is 9.64 Å². The lowest BCUT2D eigenvalue weighted by Gasteiger charge is -2.21. The number of hydrogen-bond acceptors (Lipinski definition) is 2. The fourth-order valence-corrected chi connectivity index (χ4v) is 3.52. The molecule has 0 spiro atoms. The zero-order valence-corrected chi connectivity index (χ0v) is 17.5. The number of benzene rings is 3. The number of nitrogens with zero attached hydrogens (tertiary/aromatic N) is 1. The van der Waals surface area contributed by atoms with Gasteiger partial charge in [-0.15, -0.1) is 0 Å². The summed E-state index contributed by atoms with van der Waals surface area (Å²) in [5.74, 6) is 0.761. The Labute approximate surface area is 178 Å². The lowest BCUT2D eigenvalue weighted by atomic mass is 10.1. The molecular weight excluding hydrogens is 461 g/mol. The number of methoxy groups -OCH3 is 1. The molecular formula is C24H18INO2. The standard InChI is InChI=1S/C24H18INO2/c1-28-22-13-7-17(8-14-22)15-19-16-23(18-5-3-2-4-6-18)26(24(19)27)21-11-9-20(25)10-12-21/h2-16H,1H3. The molecule has 28 heavy (non-hydrogen) atoms. The molecule has 0 atom stereocenters. The van der Waals surface area contributed by atoms with Crippen molar-refractivity contribution >= 4 is 46.0 Å². The van der Waals surface area contributed by atoms with Crippen molar-refractivity contribution in [3.63, 3.8) is 0 Å². The maximum Gasteiger partial charge on any atom is 0.262 e. The first-order chi connectivity index (χ1) is 13.7. The van der Waals surface area contributed by atoms with E-state index in [1.807, 2.05) is 91.0 Å². The zero-order valence-electron chi connectivity index (χ0n) is 15.3. The molecule has 4 heteroatoms. The van der Waals surface area contributed by atoms with Crippen LogP contribution >= 0.6 is 22.6 Å². The third kappa shape index (κ3) is 3.73. The van der Waals surface area contributed by atoms with Crippen molar-refractivity contribution in [2.24, 2.45) is 0 Å². The van der Waals surface area contributed by atoms with Crippen molar-refractivity contribution in [1.82, 2.24) is 0 Å². The van der Waals surface area contributed by atoms with Gasteiger partial charge in [0.05, 0.1) is 12.8 Å².